The molecule has 29 heavy (non-hydrogen) atoms. The Labute approximate surface area is 171 Å². The molecular formula is C23H28N2O4. The number of nitrogens with one attached hydrogen (secondary N) is 2. The van der Waals surface area contributed by atoms with E-state index in [0.717, 1.165) is 5.56 Å². The molecule has 6 nitrogen and oxygen atoms in total. The van der Waals surface area contributed by atoms with Gasteiger partial charge in [-0.3, -0.25) is 9.59 Å². The molecule has 0 fully saturated rings. The van der Waals surface area contributed by atoms with Crippen LogP contribution >= 0.6 is 0 Å². The van der Waals surface area contributed by atoms with Crippen molar-refractivity contribution in [2.75, 3.05) is 7.11 Å². The zero-order valence-corrected chi connectivity index (χ0v) is 17.1. The quantitative estimate of drug-likeness (QED) is 0.637. The summed E-state index contributed by atoms with van der Waals surface area (Å²) in [6.45, 7) is 3.93. The van der Waals surface area contributed by atoms with Gasteiger partial charge in [-0.25, -0.2) is 4.79 Å². The monoisotopic (exact) mass is 396 g/mol. The van der Waals surface area contributed by atoms with Gasteiger partial charge in [0.1, 0.15) is 6.04 Å². The minimum Gasteiger partial charge on any atom is -0.467 e. The van der Waals surface area contributed by atoms with E-state index in [1.165, 1.54) is 7.11 Å². The van der Waals surface area contributed by atoms with E-state index in [9.17, 15) is 14.4 Å². The summed E-state index contributed by atoms with van der Waals surface area (Å²) in [6, 6.07) is 16.9. The number of hydrogen-bond donors (Lipinski definition) is 2. The third-order valence-electron chi connectivity index (χ3n) is 4.46. The summed E-state index contributed by atoms with van der Waals surface area (Å²) in [6.07, 6.45) is 0.485. The number of carbonyl (C=O) groups is 3. The van der Waals surface area contributed by atoms with Gasteiger partial charge in [-0.2, -0.15) is 0 Å². The van der Waals surface area contributed by atoms with Gasteiger partial charge in [-0.1, -0.05) is 62.4 Å². The molecule has 0 heterocycles. The molecule has 2 N–H and O–H groups in total. The second-order valence-electron chi connectivity index (χ2n) is 7.28. The summed E-state index contributed by atoms with van der Waals surface area (Å²) < 4.78 is 4.80. The highest BCUT2D eigenvalue weighted by Crippen LogP contribution is 2.18. The minimum atomic E-state index is -0.714. The van der Waals surface area contributed by atoms with Gasteiger partial charge < -0.3 is 15.4 Å². The first-order chi connectivity index (χ1) is 13.9. The number of esters is 1. The molecule has 0 saturated carbocycles. The molecule has 0 aromatic heterocycles. The second kappa shape index (κ2) is 11.0. The largest absolute Gasteiger partial charge is 0.467 e. The van der Waals surface area contributed by atoms with E-state index in [1.54, 1.807) is 24.3 Å². The van der Waals surface area contributed by atoms with Crippen LogP contribution in [0.2, 0.25) is 0 Å². The van der Waals surface area contributed by atoms with Crippen molar-refractivity contribution >= 4 is 17.8 Å². The lowest BCUT2D eigenvalue weighted by molar-refractivity contribution is -0.145. The molecule has 2 atom stereocenters. The zero-order chi connectivity index (χ0) is 21.2. The highest BCUT2D eigenvalue weighted by molar-refractivity contribution is 5.94. The molecule has 0 saturated heterocycles. The Hall–Kier alpha value is -3.15. The van der Waals surface area contributed by atoms with Crippen molar-refractivity contribution in [1.82, 2.24) is 10.6 Å². The molecule has 2 amide bonds. The fourth-order valence-corrected chi connectivity index (χ4v) is 3.04. The number of carbonyl (C=O) groups excluding carboxylic acids is 3. The summed E-state index contributed by atoms with van der Waals surface area (Å²) >= 11 is 0. The number of methoxy groups -OCH3 is 1. The highest BCUT2D eigenvalue weighted by atomic mass is 16.5. The number of ether oxygens (including phenoxy) is 1. The average Bonchev–Trinajstić information content (AvgIpc) is 2.73. The Morgan fingerprint density at radius 2 is 1.48 bits per heavy atom. The molecule has 0 aliphatic heterocycles. The summed E-state index contributed by atoms with van der Waals surface area (Å²) in [7, 11) is 1.30. The molecule has 0 aliphatic rings. The molecule has 0 spiro atoms. The molecule has 0 radical (unpaired) electrons. The maximum atomic E-state index is 12.7. The van der Waals surface area contributed by atoms with Crippen LogP contribution in [0.4, 0.5) is 0 Å². The Bertz CT molecular complexity index is 806. The fourth-order valence-electron chi connectivity index (χ4n) is 3.04. The van der Waals surface area contributed by atoms with Crippen LogP contribution < -0.4 is 10.6 Å². The van der Waals surface area contributed by atoms with Gasteiger partial charge >= 0.3 is 5.97 Å². The van der Waals surface area contributed by atoms with Crippen molar-refractivity contribution < 1.29 is 19.1 Å². The Morgan fingerprint density at radius 3 is 2.03 bits per heavy atom. The van der Waals surface area contributed by atoms with E-state index in [1.807, 2.05) is 50.2 Å². The van der Waals surface area contributed by atoms with Gasteiger partial charge in [0.05, 0.1) is 19.6 Å². The van der Waals surface area contributed by atoms with Gasteiger partial charge in [-0.15, -0.1) is 0 Å². The van der Waals surface area contributed by atoms with Crippen LogP contribution in [0.1, 0.15) is 48.7 Å². The standard InChI is InChI=1S/C23H28N2O4/c1-16(2)14-20(23(28)29-3)24-21(26)15-19(17-10-6-4-7-11-17)25-22(27)18-12-8-5-9-13-18/h4-13,16,19-20H,14-15H2,1-3H3,(H,24,26)(H,25,27)/t19-,20-/m0/s1. The number of amides is 2. The van der Waals surface area contributed by atoms with Crippen LogP contribution in [0.25, 0.3) is 0 Å². The lowest BCUT2D eigenvalue weighted by Crippen LogP contribution is -2.44. The van der Waals surface area contributed by atoms with Crippen molar-refractivity contribution in [2.24, 2.45) is 5.92 Å². The smallest absolute Gasteiger partial charge is 0.328 e. The van der Waals surface area contributed by atoms with E-state index < -0.39 is 18.1 Å². The molecular weight excluding hydrogens is 368 g/mol. The van der Waals surface area contributed by atoms with Crippen LogP contribution in [0, 0.1) is 5.92 Å². The van der Waals surface area contributed by atoms with Gasteiger partial charge in [0, 0.05) is 5.56 Å². The molecule has 0 aliphatic carbocycles. The summed E-state index contributed by atoms with van der Waals surface area (Å²) in [5.41, 5.74) is 1.33. The Balaban J connectivity index is 2.13. The predicted molar refractivity (Wildman–Crippen MR) is 111 cm³/mol. The highest BCUT2D eigenvalue weighted by Gasteiger charge is 2.25. The third kappa shape index (κ3) is 7.07. The van der Waals surface area contributed by atoms with Gasteiger partial charge in [0.25, 0.3) is 5.91 Å². The van der Waals surface area contributed by atoms with Gasteiger partial charge in [0.15, 0.2) is 0 Å². The zero-order valence-electron chi connectivity index (χ0n) is 17.1. The SMILES string of the molecule is COC(=O)[C@H](CC(C)C)NC(=O)C[C@H](NC(=O)c1ccccc1)c1ccccc1. The average molecular weight is 396 g/mol. The fraction of sp³-hybridized carbons (Fsp3) is 0.348. The molecule has 2 aromatic rings. The lowest BCUT2D eigenvalue weighted by atomic mass is 10.0. The molecule has 154 valence electrons. The van der Waals surface area contributed by atoms with E-state index >= 15 is 0 Å². The number of hydrogen-bond acceptors (Lipinski definition) is 4. The van der Waals surface area contributed by atoms with Crippen molar-refractivity contribution in [1.29, 1.82) is 0 Å². The van der Waals surface area contributed by atoms with Crippen LogP contribution in [0.5, 0.6) is 0 Å². The van der Waals surface area contributed by atoms with Crippen LogP contribution in [0.15, 0.2) is 60.7 Å². The molecule has 2 aromatic carbocycles. The first-order valence-electron chi connectivity index (χ1n) is 9.68. The Kier molecular flexibility index (Phi) is 8.40. The minimum absolute atomic E-state index is 0.00811. The van der Waals surface area contributed by atoms with Crippen LogP contribution in [-0.4, -0.2) is 30.9 Å². The summed E-state index contributed by atoms with van der Waals surface area (Å²) in [5, 5.41) is 5.67. The number of rotatable bonds is 9. The third-order valence-corrected chi connectivity index (χ3v) is 4.46. The molecule has 0 unspecified atom stereocenters. The van der Waals surface area contributed by atoms with Crippen molar-refractivity contribution in [3.63, 3.8) is 0 Å². The van der Waals surface area contributed by atoms with Crippen molar-refractivity contribution in [3.8, 4) is 0 Å². The Morgan fingerprint density at radius 1 is 0.897 bits per heavy atom. The second-order valence-corrected chi connectivity index (χ2v) is 7.28. The maximum Gasteiger partial charge on any atom is 0.328 e. The first-order valence-corrected chi connectivity index (χ1v) is 9.68. The normalized spacial score (nSPS) is 12.7. The molecule has 0 bridgehead atoms. The van der Waals surface area contributed by atoms with E-state index in [4.69, 9.17) is 4.74 Å². The first kappa shape index (κ1) is 22.1. The van der Waals surface area contributed by atoms with E-state index in [0.29, 0.717) is 12.0 Å². The number of benzene rings is 2. The van der Waals surface area contributed by atoms with Crippen LogP contribution in [-0.2, 0) is 14.3 Å². The van der Waals surface area contributed by atoms with Crippen molar-refractivity contribution in [2.45, 2.75) is 38.8 Å². The topological polar surface area (TPSA) is 84.5 Å². The van der Waals surface area contributed by atoms with Gasteiger partial charge in [0.2, 0.25) is 5.91 Å². The maximum absolute atomic E-state index is 12.7. The van der Waals surface area contributed by atoms with Gasteiger partial charge in [-0.05, 0) is 30.0 Å². The molecule has 2 rings (SSSR count). The lowest BCUT2D eigenvalue weighted by Gasteiger charge is -2.22. The van der Waals surface area contributed by atoms with E-state index in [-0.39, 0.29) is 24.2 Å². The van der Waals surface area contributed by atoms with E-state index in [2.05, 4.69) is 10.6 Å². The van der Waals surface area contributed by atoms with Crippen molar-refractivity contribution in [3.05, 3.63) is 71.8 Å². The molecule has 6 heteroatoms. The van der Waals surface area contributed by atoms with Crippen LogP contribution in [0.3, 0.4) is 0 Å². The summed E-state index contributed by atoms with van der Waals surface area (Å²) in [4.78, 5) is 37.3. The summed E-state index contributed by atoms with van der Waals surface area (Å²) in [5.74, 6) is -0.860. The predicted octanol–water partition coefficient (Wildman–Crippen LogP) is 3.25.